The summed E-state index contributed by atoms with van der Waals surface area (Å²) >= 11 is 0. The first-order valence-corrected chi connectivity index (χ1v) is 17.5. The van der Waals surface area contributed by atoms with E-state index in [0.717, 1.165) is 17.1 Å². The first kappa shape index (κ1) is 30.4. The molecule has 0 saturated carbocycles. The molecule has 1 nitrogen and oxygen atoms in total. The SMILES string of the molecule is c1ccc(-c2cccc(N(c3ccc(-c4ccc5ccccc5c4-c4ccccc4)cc3)c3cccc(-c4cccc5ccccc45)c3)c2)cc1. The van der Waals surface area contributed by atoms with Crippen molar-refractivity contribution in [3.8, 4) is 44.5 Å². The van der Waals surface area contributed by atoms with Crippen LogP contribution in [0.2, 0.25) is 0 Å². The van der Waals surface area contributed by atoms with E-state index in [-0.39, 0.29) is 0 Å². The lowest BCUT2D eigenvalue weighted by molar-refractivity contribution is 1.28. The molecule has 0 aliphatic heterocycles. The average Bonchev–Trinajstić information content (AvgIpc) is 3.21. The molecule has 0 saturated heterocycles. The van der Waals surface area contributed by atoms with Gasteiger partial charge in [0.15, 0.2) is 0 Å². The Hall–Kier alpha value is -6.70. The molecular weight excluding hydrogens is 615 g/mol. The smallest absolute Gasteiger partial charge is 0.0467 e. The van der Waals surface area contributed by atoms with Gasteiger partial charge >= 0.3 is 0 Å². The van der Waals surface area contributed by atoms with Crippen LogP contribution in [0.3, 0.4) is 0 Å². The van der Waals surface area contributed by atoms with Crippen LogP contribution in [0.15, 0.2) is 212 Å². The molecule has 0 radical (unpaired) electrons. The summed E-state index contributed by atoms with van der Waals surface area (Å²) in [5.74, 6) is 0. The van der Waals surface area contributed by atoms with Crippen molar-refractivity contribution in [3.63, 3.8) is 0 Å². The lowest BCUT2D eigenvalue weighted by atomic mass is 9.90. The highest BCUT2D eigenvalue weighted by Gasteiger charge is 2.17. The summed E-state index contributed by atoms with van der Waals surface area (Å²) in [5, 5.41) is 5.00. The van der Waals surface area contributed by atoms with Crippen molar-refractivity contribution in [3.05, 3.63) is 212 Å². The van der Waals surface area contributed by atoms with Crippen LogP contribution in [0, 0.1) is 0 Å². The zero-order valence-corrected chi connectivity index (χ0v) is 28.2. The van der Waals surface area contributed by atoms with Crippen molar-refractivity contribution in [1.29, 1.82) is 0 Å². The maximum Gasteiger partial charge on any atom is 0.0467 e. The predicted molar refractivity (Wildman–Crippen MR) is 218 cm³/mol. The topological polar surface area (TPSA) is 3.24 Å². The van der Waals surface area contributed by atoms with Crippen LogP contribution in [0.4, 0.5) is 17.1 Å². The molecule has 51 heavy (non-hydrogen) atoms. The van der Waals surface area contributed by atoms with E-state index in [1.165, 1.54) is 66.1 Å². The fraction of sp³-hybridized carbons (Fsp3) is 0. The van der Waals surface area contributed by atoms with Crippen LogP contribution in [0.5, 0.6) is 0 Å². The molecule has 0 heterocycles. The van der Waals surface area contributed by atoms with Gasteiger partial charge in [-0.05, 0) is 102 Å². The number of hydrogen-bond acceptors (Lipinski definition) is 1. The highest BCUT2D eigenvalue weighted by Crippen LogP contribution is 2.42. The van der Waals surface area contributed by atoms with E-state index >= 15 is 0 Å². The normalized spacial score (nSPS) is 11.1. The standard InChI is InChI=1S/C50H35N/c1-3-14-36(15-4-1)41-21-11-23-44(34-41)51(45-24-12-22-42(35-45)47-27-13-20-37-16-7-9-25-46(37)47)43-31-28-39(29-32-43)49-33-30-38-17-8-10-26-48(38)50(49)40-18-5-2-6-19-40/h1-35H. The third-order valence-electron chi connectivity index (χ3n) is 9.84. The highest BCUT2D eigenvalue weighted by molar-refractivity contribution is 6.04. The Kier molecular flexibility index (Phi) is 7.92. The lowest BCUT2D eigenvalue weighted by Gasteiger charge is -2.27. The Morgan fingerprint density at radius 1 is 0.255 bits per heavy atom. The van der Waals surface area contributed by atoms with Gasteiger partial charge in [-0.25, -0.2) is 0 Å². The number of benzene rings is 9. The monoisotopic (exact) mass is 649 g/mol. The van der Waals surface area contributed by atoms with Crippen LogP contribution in [-0.2, 0) is 0 Å². The summed E-state index contributed by atoms with van der Waals surface area (Å²) in [4.78, 5) is 2.38. The van der Waals surface area contributed by atoms with Crippen molar-refractivity contribution in [1.82, 2.24) is 0 Å². The van der Waals surface area contributed by atoms with E-state index < -0.39 is 0 Å². The van der Waals surface area contributed by atoms with Crippen molar-refractivity contribution in [2.75, 3.05) is 4.90 Å². The molecule has 0 aromatic heterocycles. The van der Waals surface area contributed by atoms with E-state index in [1.54, 1.807) is 0 Å². The first-order valence-electron chi connectivity index (χ1n) is 17.5. The summed E-state index contributed by atoms with van der Waals surface area (Å²) < 4.78 is 0. The zero-order chi connectivity index (χ0) is 34.0. The van der Waals surface area contributed by atoms with Gasteiger partial charge in [-0.2, -0.15) is 0 Å². The molecule has 0 fully saturated rings. The molecule has 0 N–H and O–H groups in total. The number of hydrogen-bond donors (Lipinski definition) is 0. The largest absolute Gasteiger partial charge is 0.310 e. The van der Waals surface area contributed by atoms with E-state index in [1.807, 2.05) is 0 Å². The minimum absolute atomic E-state index is 1.10. The van der Waals surface area contributed by atoms with Crippen LogP contribution in [0.25, 0.3) is 66.1 Å². The predicted octanol–water partition coefficient (Wildman–Crippen LogP) is 14.1. The van der Waals surface area contributed by atoms with Crippen molar-refractivity contribution in [2.24, 2.45) is 0 Å². The molecule has 0 aliphatic carbocycles. The quantitative estimate of drug-likeness (QED) is 0.166. The first-order chi connectivity index (χ1) is 25.3. The zero-order valence-electron chi connectivity index (χ0n) is 28.2. The number of rotatable bonds is 7. The molecule has 0 bridgehead atoms. The summed E-state index contributed by atoms with van der Waals surface area (Å²) in [6.07, 6.45) is 0. The summed E-state index contributed by atoms with van der Waals surface area (Å²) in [6.45, 7) is 0. The third-order valence-corrected chi connectivity index (χ3v) is 9.84. The van der Waals surface area contributed by atoms with Crippen LogP contribution in [0.1, 0.15) is 0 Å². The Morgan fingerprint density at radius 2 is 0.784 bits per heavy atom. The van der Waals surface area contributed by atoms with Crippen molar-refractivity contribution < 1.29 is 0 Å². The van der Waals surface area contributed by atoms with E-state index in [9.17, 15) is 0 Å². The lowest BCUT2D eigenvalue weighted by Crippen LogP contribution is -2.10. The van der Waals surface area contributed by atoms with Gasteiger partial charge in [-0.1, -0.05) is 176 Å². The van der Waals surface area contributed by atoms with E-state index in [0.29, 0.717) is 0 Å². The molecule has 240 valence electrons. The van der Waals surface area contributed by atoms with Crippen LogP contribution in [-0.4, -0.2) is 0 Å². The minimum Gasteiger partial charge on any atom is -0.310 e. The van der Waals surface area contributed by atoms with Crippen molar-refractivity contribution >= 4 is 38.6 Å². The van der Waals surface area contributed by atoms with Gasteiger partial charge in [0.2, 0.25) is 0 Å². The van der Waals surface area contributed by atoms with Crippen LogP contribution >= 0.6 is 0 Å². The summed E-state index contributed by atoms with van der Waals surface area (Å²) in [5.41, 5.74) is 13.0. The van der Waals surface area contributed by atoms with Gasteiger partial charge in [0.1, 0.15) is 0 Å². The fourth-order valence-corrected chi connectivity index (χ4v) is 7.41. The molecular formula is C50H35N. The molecule has 9 aromatic carbocycles. The third kappa shape index (κ3) is 5.86. The molecule has 9 aromatic rings. The summed E-state index contributed by atoms with van der Waals surface area (Å²) in [7, 11) is 0. The van der Waals surface area contributed by atoms with Gasteiger partial charge in [0.05, 0.1) is 0 Å². The Bertz CT molecular complexity index is 2620. The highest BCUT2D eigenvalue weighted by atomic mass is 15.1. The summed E-state index contributed by atoms with van der Waals surface area (Å²) in [6, 6.07) is 76.6. The second-order valence-electron chi connectivity index (χ2n) is 13.0. The van der Waals surface area contributed by atoms with Gasteiger partial charge in [-0.3, -0.25) is 0 Å². The molecule has 0 aliphatic rings. The van der Waals surface area contributed by atoms with E-state index in [4.69, 9.17) is 0 Å². The number of fused-ring (bicyclic) bond motifs is 2. The Balaban J connectivity index is 1.19. The van der Waals surface area contributed by atoms with Crippen molar-refractivity contribution in [2.45, 2.75) is 0 Å². The second kappa shape index (κ2) is 13.3. The molecule has 1 heteroatoms. The molecule has 0 atom stereocenters. The molecule has 0 unspecified atom stereocenters. The average molecular weight is 650 g/mol. The second-order valence-corrected chi connectivity index (χ2v) is 13.0. The van der Waals surface area contributed by atoms with Gasteiger partial charge in [0.25, 0.3) is 0 Å². The molecule has 0 spiro atoms. The molecule has 9 rings (SSSR count). The maximum atomic E-state index is 2.38. The minimum atomic E-state index is 1.10. The van der Waals surface area contributed by atoms with Gasteiger partial charge in [0, 0.05) is 17.1 Å². The number of nitrogens with zero attached hydrogens (tertiary/aromatic N) is 1. The fourth-order valence-electron chi connectivity index (χ4n) is 7.41. The number of anilines is 3. The van der Waals surface area contributed by atoms with Crippen LogP contribution < -0.4 is 4.90 Å². The Labute approximate surface area is 299 Å². The molecule has 0 amide bonds. The maximum absolute atomic E-state index is 2.38. The van der Waals surface area contributed by atoms with E-state index in [2.05, 4.69) is 217 Å². The van der Waals surface area contributed by atoms with Gasteiger partial charge in [-0.15, -0.1) is 0 Å². The Morgan fingerprint density at radius 3 is 1.51 bits per heavy atom. The van der Waals surface area contributed by atoms with Gasteiger partial charge < -0.3 is 4.90 Å².